The van der Waals surface area contributed by atoms with Crippen LogP contribution in [-0.2, 0) is 9.53 Å². The summed E-state index contributed by atoms with van der Waals surface area (Å²) in [7, 11) is 0. The lowest BCUT2D eigenvalue weighted by molar-refractivity contribution is -0.139. The zero-order valence-electron chi connectivity index (χ0n) is 12.2. The van der Waals surface area contributed by atoms with Crippen molar-refractivity contribution in [3.63, 3.8) is 0 Å². The van der Waals surface area contributed by atoms with Crippen LogP contribution in [-0.4, -0.2) is 42.6 Å². The van der Waals surface area contributed by atoms with Gasteiger partial charge in [-0.25, -0.2) is 0 Å². The van der Waals surface area contributed by atoms with Gasteiger partial charge in [0.2, 0.25) is 5.91 Å². The molecule has 112 valence electrons. The Morgan fingerprint density at radius 2 is 1.95 bits per heavy atom. The molecule has 1 heterocycles. The molecule has 20 heavy (non-hydrogen) atoms. The number of fused-ring (bicyclic) bond motifs is 2. The minimum absolute atomic E-state index is 0.122. The van der Waals surface area contributed by atoms with Gasteiger partial charge in [-0.15, -0.1) is 0 Å². The molecule has 1 aliphatic heterocycles. The third-order valence-electron chi connectivity index (χ3n) is 6.02. The van der Waals surface area contributed by atoms with Gasteiger partial charge >= 0.3 is 0 Å². The maximum atomic E-state index is 13.0. The second-order valence-corrected chi connectivity index (χ2v) is 7.39. The number of hydrogen-bond acceptors (Lipinski definition) is 3. The van der Waals surface area contributed by atoms with E-state index in [1.165, 1.54) is 32.1 Å². The van der Waals surface area contributed by atoms with E-state index in [1.807, 2.05) is 0 Å². The van der Waals surface area contributed by atoms with Crippen LogP contribution in [0.1, 0.15) is 38.5 Å². The summed E-state index contributed by atoms with van der Waals surface area (Å²) >= 11 is 0. The molecule has 4 fully saturated rings. The lowest BCUT2D eigenvalue weighted by atomic mass is 9.83. The third kappa shape index (κ3) is 2.17. The first-order valence-electron chi connectivity index (χ1n) is 8.38. The van der Waals surface area contributed by atoms with Crippen LogP contribution in [0.15, 0.2) is 0 Å². The van der Waals surface area contributed by atoms with Gasteiger partial charge in [-0.3, -0.25) is 4.79 Å². The summed E-state index contributed by atoms with van der Waals surface area (Å²) in [5, 5.41) is 0. The number of nitrogens with two attached hydrogens (primary N) is 1. The number of ether oxygens (including phenoxy) is 1. The van der Waals surface area contributed by atoms with E-state index in [2.05, 4.69) is 4.90 Å². The molecule has 2 bridgehead atoms. The first kappa shape index (κ1) is 13.1. The van der Waals surface area contributed by atoms with Crippen LogP contribution in [0.3, 0.4) is 0 Å². The predicted molar refractivity (Wildman–Crippen MR) is 76.0 cm³/mol. The number of amides is 1. The molecule has 0 spiro atoms. The highest BCUT2D eigenvalue weighted by molar-refractivity contribution is 5.81. The summed E-state index contributed by atoms with van der Waals surface area (Å²) in [5.74, 6) is 2.23. The van der Waals surface area contributed by atoms with E-state index in [4.69, 9.17) is 10.5 Å². The monoisotopic (exact) mass is 278 g/mol. The molecule has 4 aliphatic rings. The standard InChI is InChI=1S/C16H26N2O2/c17-15-12-2-1-11(7-12)14(15)16(19)18(13-3-4-13)8-10-5-6-20-9-10/h10-15H,1-9,17H2. The quantitative estimate of drug-likeness (QED) is 0.845. The Bertz CT molecular complexity index is 388. The summed E-state index contributed by atoms with van der Waals surface area (Å²) < 4.78 is 5.47. The van der Waals surface area contributed by atoms with Gasteiger partial charge in [0, 0.05) is 31.2 Å². The molecule has 1 saturated heterocycles. The molecule has 0 aromatic rings. The maximum absolute atomic E-state index is 13.0. The molecule has 5 atom stereocenters. The zero-order valence-corrected chi connectivity index (χ0v) is 12.2. The van der Waals surface area contributed by atoms with Crippen molar-refractivity contribution in [2.45, 2.75) is 50.6 Å². The molecule has 0 aromatic carbocycles. The Morgan fingerprint density at radius 1 is 1.15 bits per heavy atom. The van der Waals surface area contributed by atoms with E-state index in [-0.39, 0.29) is 12.0 Å². The van der Waals surface area contributed by atoms with Gasteiger partial charge in [0.15, 0.2) is 0 Å². The molecule has 1 amide bonds. The molecule has 2 N–H and O–H groups in total. The van der Waals surface area contributed by atoms with Gasteiger partial charge in [0.25, 0.3) is 0 Å². The van der Waals surface area contributed by atoms with Crippen LogP contribution in [0.25, 0.3) is 0 Å². The van der Waals surface area contributed by atoms with Crippen molar-refractivity contribution in [2.75, 3.05) is 19.8 Å². The van der Waals surface area contributed by atoms with E-state index in [1.54, 1.807) is 0 Å². The van der Waals surface area contributed by atoms with Crippen LogP contribution in [0.4, 0.5) is 0 Å². The Hall–Kier alpha value is -0.610. The van der Waals surface area contributed by atoms with Crippen LogP contribution < -0.4 is 5.73 Å². The number of carbonyl (C=O) groups is 1. The van der Waals surface area contributed by atoms with Crippen LogP contribution in [0, 0.1) is 23.7 Å². The van der Waals surface area contributed by atoms with Crippen molar-refractivity contribution < 1.29 is 9.53 Å². The van der Waals surface area contributed by atoms with Crippen molar-refractivity contribution in [2.24, 2.45) is 29.4 Å². The number of hydrogen-bond donors (Lipinski definition) is 1. The van der Waals surface area contributed by atoms with E-state index in [9.17, 15) is 4.79 Å². The Balaban J connectivity index is 1.46. The van der Waals surface area contributed by atoms with Crippen molar-refractivity contribution in [3.05, 3.63) is 0 Å². The Kier molecular flexibility index (Phi) is 3.26. The fourth-order valence-corrected chi connectivity index (χ4v) is 4.70. The molecule has 0 radical (unpaired) electrons. The second-order valence-electron chi connectivity index (χ2n) is 7.39. The van der Waals surface area contributed by atoms with Crippen molar-refractivity contribution in [3.8, 4) is 0 Å². The van der Waals surface area contributed by atoms with Gasteiger partial charge in [-0.1, -0.05) is 0 Å². The molecule has 4 rings (SSSR count). The van der Waals surface area contributed by atoms with E-state index in [0.717, 1.165) is 26.2 Å². The predicted octanol–water partition coefficient (Wildman–Crippen LogP) is 1.39. The lowest BCUT2D eigenvalue weighted by Gasteiger charge is -2.34. The summed E-state index contributed by atoms with van der Waals surface area (Å²) in [4.78, 5) is 15.2. The van der Waals surface area contributed by atoms with E-state index in [0.29, 0.717) is 29.7 Å². The molecule has 3 aliphatic carbocycles. The number of rotatable bonds is 4. The highest BCUT2D eigenvalue weighted by Gasteiger charge is 2.51. The Labute approximate surface area is 121 Å². The average Bonchev–Trinajstić information content (AvgIpc) is 2.89. The lowest BCUT2D eigenvalue weighted by Crippen LogP contribution is -2.49. The number of carbonyl (C=O) groups excluding carboxylic acids is 1. The van der Waals surface area contributed by atoms with Crippen molar-refractivity contribution in [1.82, 2.24) is 4.90 Å². The summed E-state index contributed by atoms with van der Waals surface area (Å²) in [6.45, 7) is 2.61. The van der Waals surface area contributed by atoms with E-state index < -0.39 is 0 Å². The molecule has 3 saturated carbocycles. The molecule has 0 aromatic heterocycles. The highest BCUT2D eigenvalue weighted by atomic mass is 16.5. The maximum Gasteiger partial charge on any atom is 0.227 e. The van der Waals surface area contributed by atoms with Crippen LogP contribution in [0.2, 0.25) is 0 Å². The minimum atomic E-state index is 0.122. The zero-order chi connectivity index (χ0) is 13.7. The normalized spacial score (nSPS) is 43.1. The summed E-state index contributed by atoms with van der Waals surface area (Å²) in [6.07, 6.45) is 7.15. The van der Waals surface area contributed by atoms with Gasteiger partial charge < -0.3 is 15.4 Å². The molecular formula is C16H26N2O2. The number of nitrogens with zero attached hydrogens (tertiary/aromatic N) is 1. The van der Waals surface area contributed by atoms with Gasteiger partial charge in [0.1, 0.15) is 0 Å². The summed E-state index contributed by atoms with van der Waals surface area (Å²) in [5.41, 5.74) is 6.36. The first-order valence-corrected chi connectivity index (χ1v) is 8.38. The van der Waals surface area contributed by atoms with Crippen molar-refractivity contribution >= 4 is 5.91 Å². The minimum Gasteiger partial charge on any atom is -0.381 e. The largest absolute Gasteiger partial charge is 0.381 e. The van der Waals surface area contributed by atoms with Gasteiger partial charge in [0.05, 0.1) is 12.5 Å². The first-order chi connectivity index (χ1) is 9.74. The highest BCUT2D eigenvalue weighted by Crippen LogP contribution is 2.49. The van der Waals surface area contributed by atoms with Gasteiger partial charge in [-0.05, 0) is 50.4 Å². The third-order valence-corrected chi connectivity index (χ3v) is 6.02. The topological polar surface area (TPSA) is 55.6 Å². The van der Waals surface area contributed by atoms with Crippen molar-refractivity contribution in [1.29, 1.82) is 0 Å². The summed E-state index contributed by atoms with van der Waals surface area (Å²) in [6, 6.07) is 0.636. The van der Waals surface area contributed by atoms with Gasteiger partial charge in [-0.2, -0.15) is 0 Å². The smallest absolute Gasteiger partial charge is 0.227 e. The second kappa shape index (κ2) is 4.99. The van der Waals surface area contributed by atoms with Crippen LogP contribution in [0.5, 0.6) is 0 Å². The molecular weight excluding hydrogens is 252 g/mol. The molecule has 4 heteroatoms. The fraction of sp³-hybridized carbons (Fsp3) is 0.938. The fourth-order valence-electron chi connectivity index (χ4n) is 4.70. The van der Waals surface area contributed by atoms with E-state index >= 15 is 0 Å². The SMILES string of the molecule is NC1C2CCC(C2)C1C(=O)N(CC1CCOC1)C1CC1. The van der Waals surface area contributed by atoms with Crippen LogP contribution >= 0.6 is 0 Å². The average molecular weight is 278 g/mol. The Morgan fingerprint density at radius 3 is 2.55 bits per heavy atom. The molecule has 4 nitrogen and oxygen atoms in total. The molecule has 5 unspecified atom stereocenters.